The molecule has 1 atom stereocenters. The number of primary amides is 1. The van der Waals surface area contributed by atoms with Gasteiger partial charge in [0.1, 0.15) is 10.8 Å². The minimum atomic E-state index is -0.674. The summed E-state index contributed by atoms with van der Waals surface area (Å²) in [6, 6.07) is 11.8. The quantitative estimate of drug-likeness (QED) is 0.517. The van der Waals surface area contributed by atoms with Gasteiger partial charge in [-0.15, -0.1) is 0 Å². The van der Waals surface area contributed by atoms with Crippen molar-refractivity contribution in [3.05, 3.63) is 60.9 Å². The molecule has 0 spiro atoms. The van der Waals surface area contributed by atoms with Gasteiger partial charge in [0, 0.05) is 37.8 Å². The van der Waals surface area contributed by atoms with Gasteiger partial charge in [-0.05, 0) is 30.5 Å². The highest BCUT2D eigenvalue weighted by Crippen LogP contribution is 2.29. The zero-order valence-electron chi connectivity index (χ0n) is 18.3. The maximum Gasteiger partial charge on any atom is 0.271 e. The first-order valence-electron chi connectivity index (χ1n) is 10.6. The van der Waals surface area contributed by atoms with E-state index in [0.29, 0.717) is 23.9 Å². The summed E-state index contributed by atoms with van der Waals surface area (Å²) < 4.78 is 4.48. The third-order valence-electron chi connectivity index (χ3n) is 5.61. The molecule has 1 aliphatic heterocycles. The molecule has 1 aliphatic rings. The Balaban J connectivity index is 1.57. The van der Waals surface area contributed by atoms with E-state index in [1.165, 1.54) is 23.8 Å². The van der Waals surface area contributed by atoms with Crippen LogP contribution in [-0.2, 0) is 4.79 Å². The summed E-state index contributed by atoms with van der Waals surface area (Å²) >= 11 is 1.26. The summed E-state index contributed by atoms with van der Waals surface area (Å²) in [4.78, 5) is 36.7. The van der Waals surface area contributed by atoms with Gasteiger partial charge in [0.25, 0.3) is 5.91 Å². The highest BCUT2D eigenvalue weighted by Gasteiger charge is 2.27. The number of nitrogens with one attached hydrogen (secondary N) is 1. The lowest BCUT2D eigenvalue weighted by atomic mass is 10.0. The van der Waals surface area contributed by atoms with Crippen LogP contribution in [0, 0.1) is 0 Å². The number of likely N-dealkylation sites (N-methyl/N-ethyl adjacent to an activating group) is 1. The molecule has 1 fully saturated rings. The maximum atomic E-state index is 12.0. The second-order valence-electron chi connectivity index (χ2n) is 7.75. The van der Waals surface area contributed by atoms with Crippen LogP contribution in [0.2, 0.25) is 0 Å². The predicted octanol–water partition coefficient (Wildman–Crippen LogP) is 3.06. The number of piperidine rings is 1. The Kier molecular flexibility index (Phi) is 6.64. The van der Waals surface area contributed by atoms with E-state index in [1.807, 2.05) is 48.3 Å². The van der Waals surface area contributed by atoms with E-state index in [0.717, 1.165) is 24.1 Å². The third kappa shape index (κ3) is 5.01. The van der Waals surface area contributed by atoms with Crippen molar-refractivity contribution in [2.75, 3.05) is 30.4 Å². The van der Waals surface area contributed by atoms with E-state index >= 15 is 0 Å². The number of carbonyl (C=O) groups is 2. The molecule has 1 aromatic carbocycles. The fraction of sp³-hybridized carbons (Fsp3) is 0.261. The van der Waals surface area contributed by atoms with E-state index in [2.05, 4.69) is 26.2 Å². The zero-order chi connectivity index (χ0) is 23.4. The van der Waals surface area contributed by atoms with Crippen molar-refractivity contribution in [2.45, 2.75) is 18.9 Å². The van der Waals surface area contributed by atoms with Gasteiger partial charge in [-0.25, -0.2) is 9.97 Å². The molecule has 0 saturated carbocycles. The Morgan fingerprint density at radius 2 is 2.12 bits per heavy atom. The number of benzene rings is 1. The number of rotatable bonds is 7. The Labute approximate surface area is 196 Å². The maximum absolute atomic E-state index is 12.0. The lowest BCUT2D eigenvalue weighted by Crippen LogP contribution is -2.48. The standard InChI is InChI=1S/C23H25N7O2S/c1-3-20(31)30-11-7-10-16(14-30)29(2)18-13-25-21(22(24)32)23(26-18)27-19-12-17(28-33-19)15-8-5-4-6-9-15/h3-6,8-9,12-13,16H,1,7,10-11,14H2,2H3,(H2,24,32)(H,26,27)/t16-/m0/s1. The van der Waals surface area contributed by atoms with E-state index in [9.17, 15) is 9.59 Å². The van der Waals surface area contributed by atoms with Gasteiger partial charge in [-0.3, -0.25) is 9.59 Å². The minimum Gasteiger partial charge on any atom is -0.364 e. The zero-order valence-corrected chi connectivity index (χ0v) is 19.1. The van der Waals surface area contributed by atoms with Crippen LogP contribution in [0.4, 0.5) is 16.6 Å². The monoisotopic (exact) mass is 463 g/mol. The van der Waals surface area contributed by atoms with Crippen molar-refractivity contribution in [3.8, 4) is 11.3 Å². The van der Waals surface area contributed by atoms with E-state index in [4.69, 9.17) is 5.73 Å². The van der Waals surface area contributed by atoms with Gasteiger partial charge >= 0.3 is 0 Å². The molecular formula is C23H25N7O2S. The number of nitrogens with two attached hydrogens (primary N) is 1. The largest absolute Gasteiger partial charge is 0.364 e. The fourth-order valence-electron chi connectivity index (χ4n) is 3.80. The summed E-state index contributed by atoms with van der Waals surface area (Å²) in [7, 11) is 1.91. The SMILES string of the molecule is C=CC(=O)N1CCC[C@H](N(C)c2cnc(C(N)=O)c(Nc3cc(-c4ccccc4)ns3)n2)C1. The van der Waals surface area contributed by atoms with Gasteiger partial charge in [0.05, 0.1) is 11.9 Å². The number of aromatic nitrogens is 3. The number of hydrogen-bond acceptors (Lipinski definition) is 8. The molecule has 2 aromatic heterocycles. The second kappa shape index (κ2) is 9.78. The normalized spacial score (nSPS) is 15.7. The van der Waals surface area contributed by atoms with E-state index in [1.54, 1.807) is 4.90 Å². The van der Waals surface area contributed by atoms with Crippen molar-refractivity contribution < 1.29 is 9.59 Å². The number of carbonyl (C=O) groups excluding carboxylic acids is 2. The van der Waals surface area contributed by atoms with Gasteiger partial charge in [-0.1, -0.05) is 36.9 Å². The average molecular weight is 464 g/mol. The van der Waals surface area contributed by atoms with E-state index < -0.39 is 5.91 Å². The van der Waals surface area contributed by atoms with Gasteiger partial charge in [0.15, 0.2) is 11.5 Å². The smallest absolute Gasteiger partial charge is 0.271 e. The first-order chi connectivity index (χ1) is 16.0. The third-order valence-corrected chi connectivity index (χ3v) is 6.31. The van der Waals surface area contributed by atoms with Crippen LogP contribution in [0.3, 0.4) is 0 Å². The second-order valence-corrected chi connectivity index (χ2v) is 8.56. The molecule has 3 heterocycles. The minimum absolute atomic E-state index is 0.0499. The molecule has 4 rings (SSSR count). The van der Waals surface area contributed by atoms with Gasteiger partial charge in [0.2, 0.25) is 5.91 Å². The molecule has 3 aromatic rings. The first kappa shape index (κ1) is 22.4. The number of likely N-dealkylation sites (tertiary alicyclic amines) is 1. The number of nitrogens with zero attached hydrogens (tertiary/aromatic N) is 5. The molecule has 33 heavy (non-hydrogen) atoms. The van der Waals surface area contributed by atoms with Crippen LogP contribution in [0.25, 0.3) is 11.3 Å². The van der Waals surface area contributed by atoms with Crippen LogP contribution >= 0.6 is 11.5 Å². The molecule has 10 heteroatoms. The van der Waals surface area contributed by atoms with Crippen LogP contribution in [-0.4, -0.2) is 57.2 Å². The molecule has 1 saturated heterocycles. The first-order valence-corrected chi connectivity index (χ1v) is 11.3. The van der Waals surface area contributed by atoms with Gasteiger partial charge in [-0.2, -0.15) is 4.37 Å². The van der Waals surface area contributed by atoms with Crippen molar-refractivity contribution >= 4 is 40.0 Å². The molecule has 170 valence electrons. The van der Waals surface area contributed by atoms with Crippen LogP contribution in [0.15, 0.2) is 55.3 Å². The number of hydrogen-bond donors (Lipinski definition) is 2. The lowest BCUT2D eigenvalue weighted by molar-refractivity contribution is -0.127. The summed E-state index contributed by atoms with van der Waals surface area (Å²) in [5.41, 5.74) is 7.40. The topological polar surface area (TPSA) is 117 Å². The van der Waals surface area contributed by atoms with Crippen LogP contribution < -0.4 is 16.0 Å². The summed E-state index contributed by atoms with van der Waals surface area (Å²) in [6.45, 7) is 4.86. The molecule has 0 aliphatic carbocycles. The predicted molar refractivity (Wildman–Crippen MR) is 130 cm³/mol. The van der Waals surface area contributed by atoms with Crippen molar-refractivity contribution in [3.63, 3.8) is 0 Å². The molecule has 3 N–H and O–H groups in total. The molecule has 0 bridgehead atoms. The summed E-state index contributed by atoms with van der Waals surface area (Å²) in [6.07, 6.45) is 4.66. The van der Waals surface area contributed by atoms with Crippen molar-refractivity contribution in [1.82, 2.24) is 19.2 Å². The van der Waals surface area contributed by atoms with E-state index in [-0.39, 0.29) is 23.5 Å². The van der Waals surface area contributed by atoms with Gasteiger partial charge < -0.3 is 20.9 Å². The van der Waals surface area contributed by atoms with Crippen molar-refractivity contribution in [2.24, 2.45) is 5.73 Å². The summed E-state index contributed by atoms with van der Waals surface area (Å²) in [5, 5.41) is 3.87. The van der Waals surface area contributed by atoms with Crippen LogP contribution in [0.5, 0.6) is 0 Å². The summed E-state index contributed by atoms with van der Waals surface area (Å²) in [5.74, 6) is 0.0931. The Hall–Kier alpha value is -3.79. The van der Waals surface area contributed by atoms with Crippen molar-refractivity contribution in [1.29, 1.82) is 0 Å². The highest BCUT2D eigenvalue weighted by molar-refractivity contribution is 7.10. The molecule has 0 radical (unpaired) electrons. The molecule has 9 nitrogen and oxygen atoms in total. The molecule has 0 unspecified atom stereocenters. The average Bonchev–Trinajstić information content (AvgIpc) is 3.32. The Bertz CT molecular complexity index is 1160. The number of amides is 2. The number of anilines is 3. The van der Waals surface area contributed by atoms with Crippen LogP contribution in [0.1, 0.15) is 23.3 Å². The Morgan fingerprint density at radius 1 is 1.33 bits per heavy atom. The fourth-order valence-corrected chi connectivity index (χ4v) is 4.46. The highest BCUT2D eigenvalue weighted by atomic mass is 32.1. The lowest BCUT2D eigenvalue weighted by Gasteiger charge is -2.37. The molecular weight excluding hydrogens is 438 g/mol. The molecule has 2 amide bonds. The Morgan fingerprint density at radius 3 is 2.85 bits per heavy atom.